The Balaban J connectivity index is 2.19. The van der Waals surface area contributed by atoms with Crippen molar-refractivity contribution in [1.29, 1.82) is 0 Å². The number of rotatable bonds is 6. The van der Waals surface area contributed by atoms with Crippen LogP contribution in [0.3, 0.4) is 0 Å². The smallest absolute Gasteiger partial charge is 0.433 e. The molecule has 0 aliphatic rings. The van der Waals surface area contributed by atoms with Crippen LogP contribution in [0.15, 0.2) is 71.5 Å². The second-order valence-corrected chi connectivity index (χ2v) is 6.27. The molecular formula is C20H16F6N4O2. The Kier molecular flexibility index (Phi) is 7.18. The first-order valence-electron chi connectivity index (χ1n) is 8.63. The van der Waals surface area contributed by atoms with Gasteiger partial charge in [-0.05, 0) is 48.0 Å². The Morgan fingerprint density at radius 2 is 1.41 bits per heavy atom. The minimum absolute atomic E-state index is 0.0794. The molecule has 0 aromatic heterocycles. The maximum absolute atomic E-state index is 13.0. The van der Waals surface area contributed by atoms with Gasteiger partial charge in [0.1, 0.15) is 11.4 Å². The van der Waals surface area contributed by atoms with Gasteiger partial charge < -0.3 is 21.9 Å². The molecule has 6 N–H and O–H groups in total. The number of carbonyl (C=O) groups is 1. The first-order chi connectivity index (χ1) is 14.8. The van der Waals surface area contributed by atoms with Crippen LogP contribution in [0.2, 0.25) is 0 Å². The second-order valence-electron chi connectivity index (χ2n) is 6.27. The van der Waals surface area contributed by atoms with E-state index in [1.807, 2.05) is 0 Å². The van der Waals surface area contributed by atoms with Crippen LogP contribution in [-0.4, -0.2) is 29.1 Å². The van der Waals surface area contributed by atoms with E-state index in [1.54, 1.807) is 0 Å². The predicted octanol–water partition coefficient (Wildman–Crippen LogP) is 4.79. The van der Waals surface area contributed by atoms with Crippen molar-refractivity contribution in [3.05, 3.63) is 77.6 Å². The summed E-state index contributed by atoms with van der Waals surface area (Å²) in [6, 6.07) is 10.7. The Bertz CT molecular complexity index is 1050. The van der Waals surface area contributed by atoms with Crippen LogP contribution in [0.5, 0.6) is 0 Å². The average molecular weight is 458 g/mol. The summed E-state index contributed by atoms with van der Waals surface area (Å²) in [7, 11) is 0. The number of aromatic carboxylic acids is 1. The zero-order chi connectivity index (χ0) is 24.1. The third-order valence-electron chi connectivity index (χ3n) is 3.89. The highest BCUT2D eigenvalue weighted by molar-refractivity contribution is 6.01. The number of anilines is 1. The van der Waals surface area contributed by atoms with E-state index in [9.17, 15) is 31.1 Å². The quantitative estimate of drug-likeness (QED) is 0.367. The molecule has 2 aromatic rings. The molecule has 170 valence electrons. The number of nitrogens with zero attached hydrogens (tertiary/aromatic N) is 1. The Hall–Kier alpha value is -3.96. The fourth-order valence-corrected chi connectivity index (χ4v) is 2.23. The summed E-state index contributed by atoms with van der Waals surface area (Å²) in [4.78, 5) is 14.1. The molecule has 0 unspecified atom stereocenters. The van der Waals surface area contributed by atoms with Gasteiger partial charge in [-0.25, -0.2) is 9.79 Å². The Morgan fingerprint density at radius 3 is 1.88 bits per heavy atom. The fourth-order valence-electron chi connectivity index (χ4n) is 2.23. The largest absolute Gasteiger partial charge is 0.478 e. The van der Waals surface area contributed by atoms with Crippen molar-refractivity contribution >= 4 is 28.8 Å². The zero-order valence-corrected chi connectivity index (χ0v) is 16.0. The number of aliphatic imine (C=N–C) groups is 1. The third kappa shape index (κ3) is 6.79. The number of allylic oxidation sites excluding steroid dienone is 2. The summed E-state index contributed by atoms with van der Waals surface area (Å²) in [5.41, 5.74) is 7.81. The molecule has 0 amide bonds. The number of alkyl halides is 6. The molecule has 0 radical (unpaired) electrons. The van der Waals surface area contributed by atoms with E-state index >= 15 is 0 Å². The fraction of sp³-hybridized carbons (Fsp3) is 0.100. The Labute approximate surface area is 177 Å². The number of nitrogens with one attached hydrogen (secondary N) is 1. The molecule has 12 heteroatoms. The van der Waals surface area contributed by atoms with Crippen LogP contribution in [0.1, 0.15) is 15.9 Å². The molecular weight excluding hydrogens is 442 g/mol. The van der Waals surface area contributed by atoms with Gasteiger partial charge in [-0.1, -0.05) is 12.1 Å². The molecule has 0 spiro atoms. The molecule has 0 saturated heterocycles. The minimum atomic E-state index is -5.15. The third-order valence-corrected chi connectivity index (χ3v) is 3.89. The molecule has 0 bridgehead atoms. The summed E-state index contributed by atoms with van der Waals surface area (Å²) in [6.07, 6.45) is -9.17. The average Bonchev–Trinajstić information content (AvgIpc) is 2.71. The maximum Gasteiger partial charge on any atom is 0.433 e. The lowest BCUT2D eigenvalue weighted by molar-refractivity contribution is -0.0928. The van der Waals surface area contributed by atoms with Gasteiger partial charge in [0.2, 0.25) is 0 Å². The van der Waals surface area contributed by atoms with Gasteiger partial charge in [0.15, 0.2) is 0 Å². The van der Waals surface area contributed by atoms with E-state index in [0.717, 1.165) is 12.1 Å². The monoisotopic (exact) mass is 458 g/mol. The highest BCUT2D eigenvalue weighted by Crippen LogP contribution is 2.27. The number of carboxylic acids is 1. The van der Waals surface area contributed by atoms with Gasteiger partial charge in [0, 0.05) is 11.9 Å². The highest BCUT2D eigenvalue weighted by Gasteiger charge is 2.38. The van der Waals surface area contributed by atoms with Crippen LogP contribution in [0, 0.1) is 0 Å². The number of benzene rings is 2. The first kappa shape index (κ1) is 24.3. The molecule has 0 aliphatic heterocycles. The molecule has 0 heterocycles. The van der Waals surface area contributed by atoms with E-state index in [2.05, 4.69) is 16.0 Å². The van der Waals surface area contributed by atoms with Crippen molar-refractivity contribution in [1.82, 2.24) is 0 Å². The summed E-state index contributed by atoms with van der Waals surface area (Å²) in [5.74, 6) is -1.09. The molecule has 0 saturated carbocycles. The van der Waals surface area contributed by atoms with Gasteiger partial charge in [0.25, 0.3) is 0 Å². The van der Waals surface area contributed by atoms with Crippen LogP contribution in [0.4, 0.5) is 37.7 Å². The lowest BCUT2D eigenvalue weighted by atomic mass is 10.1. The van der Waals surface area contributed by atoms with E-state index in [0.29, 0.717) is 11.3 Å². The molecule has 2 aromatic carbocycles. The standard InChI is InChI=1S/C20H16F6N4O2/c21-19(22,23)16(28)9-17(20(24,25)26)30-14-7-5-13(6-8-14)29-10-15(27)11-1-3-12(4-2-11)18(31)32/h1-10,29H,27-28H2,(H,31,32)/b15-10-,16-9?,30-17?. The van der Waals surface area contributed by atoms with Crippen LogP contribution >= 0.6 is 0 Å². The molecule has 32 heavy (non-hydrogen) atoms. The SMILES string of the molecule is NC(=CC(=Nc1ccc(N/C=C(\N)c2ccc(C(=O)O)cc2)cc1)C(F)(F)F)C(F)(F)F. The summed E-state index contributed by atoms with van der Waals surface area (Å²) in [5, 5.41) is 11.7. The van der Waals surface area contributed by atoms with E-state index in [1.165, 1.54) is 42.6 Å². The van der Waals surface area contributed by atoms with Crippen molar-refractivity contribution in [2.45, 2.75) is 12.4 Å². The summed E-state index contributed by atoms with van der Waals surface area (Å²) < 4.78 is 76.4. The van der Waals surface area contributed by atoms with Crippen molar-refractivity contribution in [2.75, 3.05) is 5.32 Å². The lowest BCUT2D eigenvalue weighted by Crippen LogP contribution is -2.26. The molecule has 0 aliphatic carbocycles. The molecule has 0 atom stereocenters. The summed E-state index contributed by atoms with van der Waals surface area (Å²) in [6.45, 7) is 0. The van der Waals surface area contributed by atoms with Gasteiger partial charge >= 0.3 is 18.3 Å². The van der Waals surface area contributed by atoms with Crippen LogP contribution in [0.25, 0.3) is 5.70 Å². The number of hydrogen-bond acceptors (Lipinski definition) is 5. The van der Waals surface area contributed by atoms with Crippen LogP contribution < -0.4 is 16.8 Å². The van der Waals surface area contributed by atoms with Gasteiger partial charge in [-0.15, -0.1) is 0 Å². The topological polar surface area (TPSA) is 114 Å². The number of carboxylic acid groups (broad SMARTS) is 1. The van der Waals surface area contributed by atoms with Gasteiger partial charge in [-0.3, -0.25) is 0 Å². The van der Waals surface area contributed by atoms with E-state index in [-0.39, 0.29) is 23.0 Å². The molecule has 0 fully saturated rings. The highest BCUT2D eigenvalue weighted by atomic mass is 19.4. The van der Waals surface area contributed by atoms with Crippen LogP contribution in [-0.2, 0) is 0 Å². The van der Waals surface area contributed by atoms with Crippen molar-refractivity contribution < 1.29 is 36.2 Å². The Morgan fingerprint density at radius 1 is 0.875 bits per heavy atom. The number of nitrogens with two attached hydrogens (primary N) is 2. The summed E-state index contributed by atoms with van der Waals surface area (Å²) >= 11 is 0. The van der Waals surface area contributed by atoms with E-state index in [4.69, 9.17) is 10.8 Å². The van der Waals surface area contributed by atoms with Crippen molar-refractivity contribution in [3.8, 4) is 0 Å². The minimum Gasteiger partial charge on any atom is -0.478 e. The van der Waals surface area contributed by atoms with Crippen molar-refractivity contribution in [2.24, 2.45) is 16.5 Å². The predicted molar refractivity (Wildman–Crippen MR) is 107 cm³/mol. The number of hydrogen-bond donors (Lipinski definition) is 4. The van der Waals surface area contributed by atoms with E-state index < -0.39 is 29.7 Å². The normalized spacial score (nSPS) is 13.8. The number of halogens is 6. The second kappa shape index (κ2) is 9.45. The van der Waals surface area contributed by atoms with Gasteiger partial charge in [-0.2, -0.15) is 26.3 Å². The van der Waals surface area contributed by atoms with Crippen molar-refractivity contribution in [3.63, 3.8) is 0 Å². The molecule has 6 nitrogen and oxygen atoms in total. The zero-order valence-electron chi connectivity index (χ0n) is 16.0. The maximum atomic E-state index is 13.0. The molecule has 2 rings (SSSR count). The van der Waals surface area contributed by atoms with Gasteiger partial charge in [0.05, 0.1) is 16.9 Å². The first-order valence-corrected chi connectivity index (χ1v) is 8.63. The lowest BCUT2D eigenvalue weighted by Gasteiger charge is -2.11.